The largest absolute Gasteiger partial charge is 0.0587 e. The van der Waals surface area contributed by atoms with Crippen molar-refractivity contribution in [1.82, 2.24) is 0 Å². The van der Waals surface area contributed by atoms with Crippen LogP contribution in [0.1, 0.15) is 18.1 Å². The topological polar surface area (TPSA) is 0 Å². The number of hydrogen-bond acceptors (Lipinski definition) is 0. The van der Waals surface area contributed by atoms with E-state index in [2.05, 4.69) is 56.7 Å². The van der Waals surface area contributed by atoms with Crippen LogP contribution in [-0.4, -0.2) is 0 Å². The predicted molar refractivity (Wildman–Crippen MR) is 57.8 cm³/mol. The van der Waals surface area contributed by atoms with E-state index in [4.69, 9.17) is 0 Å². The minimum absolute atomic E-state index is 1.29. The molecule has 0 nitrogen and oxygen atoms in total. The van der Waals surface area contributed by atoms with Crippen molar-refractivity contribution in [2.75, 3.05) is 0 Å². The molecule has 2 rings (SSSR count). The molecule has 1 radical (unpaired) electrons. The Hall–Kier alpha value is -1.30. The Balaban J connectivity index is 2.66. The quantitative estimate of drug-likeness (QED) is 0.610. The Morgan fingerprint density at radius 3 is 2.38 bits per heavy atom. The molecule has 0 fully saturated rings. The van der Waals surface area contributed by atoms with E-state index < -0.39 is 0 Å². The maximum atomic E-state index is 2.22. The van der Waals surface area contributed by atoms with Crippen LogP contribution in [0.25, 0.3) is 10.8 Å². The summed E-state index contributed by atoms with van der Waals surface area (Å²) in [6.07, 6.45) is 2.12. The van der Waals surface area contributed by atoms with E-state index in [1.54, 1.807) is 0 Å². The summed E-state index contributed by atoms with van der Waals surface area (Å²) in [6.45, 7) is 4.19. The standard InChI is InChI=1S/C13H13/c1-3-11-5-7-12-8-10(2)4-6-13(12)9-11/h3-9H,1-2H3. The maximum absolute atomic E-state index is 2.22. The molecule has 0 heterocycles. The van der Waals surface area contributed by atoms with Gasteiger partial charge in [0.15, 0.2) is 0 Å². The van der Waals surface area contributed by atoms with Crippen LogP contribution in [0, 0.1) is 13.3 Å². The van der Waals surface area contributed by atoms with Crippen LogP contribution in [0.15, 0.2) is 36.4 Å². The van der Waals surface area contributed by atoms with Crippen molar-refractivity contribution in [2.24, 2.45) is 0 Å². The molecule has 0 amide bonds. The Labute approximate surface area is 79.2 Å². The van der Waals surface area contributed by atoms with Crippen molar-refractivity contribution in [3.05, 3.63) is 53.9 Å². The second-order valence-electron chi connectivity index (χ2n) is 3.40. The van der Waals surface area contributed by atoms with Gasteiger partial charge in [0.05, 0.1) is 0 Å². The van der Waals surface area contributed by atoms with Crippen molar-refractivity contribution in [2.45, 2.75) is 13.8 Å². The lowest BCUT2D eigenvalue weighted by molar-refractivity contribution is 1.43. The van der Waals surface area contributed by atoms with E-state index >= 15 is 0 Å². The van der Waals surface area contributed by atoms with Gasteiger partial charge in [-0.1, -0.05) is 48.9 Å². The van der Waals surface area contributed by atoms with E-state index in [-0.39, 0.29) is 0 Å². The highest BCUT2D eigenvalue weighted by molar-refractivity contribution is 5.84. The molecule has 2 aromatic rings. The molecular weight excluding hydrogens is 156 g/mol. The summed E-state index contributed by atoms with van der Waals surface area (Å²) in [4.78, 5) is 0. The van der Waals surface area contributed by atoms with Crippen LogP contribution < -0.4 is 0 Å². The van der Waals surface area contributed by atoms with Gasteiger partial charge >= 0.3 is 0 Å². The SMILES string of the molecule is C[CH]c1ccc2cc(C)ccc2c1. The summed E-state index contributed by atoms with van der Waals surface area (Å²) >= 11 is 0. The number of aryl methyl sites for hydroxylation is 1. The van der Waals surface area contributed by atoms with Gasteiger partial charge in [0.1, 0.15) is 0 Å². The van der Waals surface area contributed by atoms with Crippen molar-refractivity contribution in [1.29, 1.82) is 0 Å². The smallest absolute Gasteiger partial charge is 0.0124 e. The van der Waals surface area contributed by atoms with Crippen molar-refractivity contribution in [3.63, 3.8) is 0 Å². The minimum Gasteiger partial charge on any atom is -0.0587 e. The van der Waals surface area contributed by atoms with E-state index in [0.29, 0.717) is 0 Å². The first-order valence-electron chi connectivity index (χ1n) is 4.59. The molecule has 0 aliphatic heterocycles. The molecule has 0 bridgehead atoms. The van der Waals surface area contributed by atoms with Crippen molar-refractivity contribution in [3.8, 4) is 0 Å². The van der Waals surface area contributed by atoms with Gasteiger partial charge in [0, 0.05) is 0 Å². The Kier molecular flexibility index (Phi) is 2.05. The van der Waals surface area contributed by atoms with Crippen LogP contribution in [0.2, 0.25) is 0 Å². The van der Waals surface area contributed by atoms with Gasteiger partial charge in [-0.3, -0.25) is 0 Å². The Morgan fingerprint density at radius 2 is 1.62 bits per heavy atom. The summed E-state index contributed by atoms with van der Waals surface area (Å²) < 4.78 is 0. The fourth-order valence-corrected chi connectivity index (χ4v) is 1.56. The number of hydrogen-bond donors (Lipinski definition) is 0. The lowest BCUT2D eigenvalue weighted by atomic mass is 10.0. The average molecular weight is 169 g/mol. The predicted octanol–water partition coefficient (Wildman–Crippen LogP) is 3.72. The summed E-state index contributed by atoms with van der Waals surface area (Å²) in [7, 11) is 0. The monoisotopic (exact) mass is 169 g/mol. The van der Waals surface area contributed by atoms with Gasteiger partial charge in [-0.2, -0.15) is 0 Å². The normalized spacial score (nSPS) is 10.6. The Morgan fingerprint density at radius 1 is 0.923 bits per heavy atom. The maximum Gasteiger partial charge on any atom is -0.0124 e. The second-order valence-corrected chi connectivity index (χ2v) is 3.40. The third kappa shape index (κ3) is 1.57. The number of rotatable bonds is 1. The highest BCUT2D eigenvalue weighted by atomic mass is 14.0. The molecule has 2 aromatic carbocycles. The fourth-order valence-electron chi connectivity index (χ4n) is 1.56. The molecule has 0 saturated carbocycles. The lowest BCUT2D eigenvalue weighted by Gasteiger charge is -2.01. The van der Waals surface area contributed by atoms with E-state index in [1.807, 2.05) is 0 Å². The molecule has 13 heavy (non-hydrogen) atoms. The van der Waals surface area contributed by atoms with Gasteiger partial charge in [-0.05, 0) is 29.7 Å². The van der Waals surface area contributed by atoms with E-state index in [9.17, 15) is 0 Å². The average Bonchev–Trinajstić information content (AvgIpc) is 2.17. The fraction of sp³-hybridized carbons (Fsp3) is 0.154. The van der Waals surface area contributed by atoms with E-state index in [1.165, 1.54) is 21.9 Å². The minimum atomic E-state index is 1.29. The first-order valence-corrected chi connectivity index (χ1v) is 4.59. The van der Waals surface area contributed by atoms with Gasteiger partial charge in [-0.25, -0.2) is 0 Å². The number of fused-ring (bicyclic) bond motifs is 1. The third-order valence-corrected chi connectivity index (χ3v) is 2.35. The first-order chi connectivity index (χ1) is 6.29. The molecule has 65 valence electrons. The molecule has 0 aromatic heterocycles. The molecule has 0 atom stereocenters. The zero-order valence-electron chi connectivity index (χ0n) is 8.04. The van der Waals surface area contributed by atoms with Gasteiger partial charge in [0.2, 0.25) is 0 Å². The summed E-state index contributed by atoms with van der Waals surface area (Å²) in [6, 6.07) is 13.1. The van der Waals surface area contributed by atoms with Crippen molar-refractivity contribution >= 4 is 10.8 Å². The highest BCUT2D eigenvalue weighted by Crippen LogP contribution is 2.18. The van der Waals surface area contributed by atoms with Crippen LogP contribution in [0.3, 0.4) is 0 Å². The third-order valence-electron chi connectivity index (χ3n) is 2.35. The van der Waals surface area contributed by atoms with Gasteiger partial charge < -0.3 is 0 Å². The molecule has 0 spiro atoms. The summed E-state index contributed by atoms with van der Waals surface area (Å²) in [5, 5.41) is 2.65. The molecule has 0 N–H and O–H groups in total. The highest BCUT2D eigenvalue weighted by Gasteiger charge is 1.94. The zero-order valence-corrected chi connectivity index (χ0v) is 8.04. The van der Waals surface area contributed by atoms with Crippen LogP contribution in [-0.2, 0) is 0 Å². The van der Waals surface area contributed by atoms with Gasteiger partial charge in [0.25, 0.3) is 0 Å². The van der Waals surface area contributed by atoms with Crippen LogP contribution >= 0.6 is 0 Å². The molecule has 0 heteroatoms. The lowest BCUT2D eigenvalue weighted by Crippen LogP contribution is -1.79. The van der Waals surface area contributed by atoms with Crippen LogP contribution in [0.5, 0.6) is 0 Å². The first kappa shape index (κ1) is 8.31. The molecule has 0 saturated heterocycles. The van der Waals surface area contributed by atoms with Crippen LogP contribution in [0.4, 0.5) is 0 Å². The van der Waals surface area contributed by atoms with Crippen molar-refractivity contribution < 1.29 is 0 Å². The second kappa shape index (κ2) is 3.21. The molecule has 0 aliphatic rings. The summed E-state index contributed by atoms with van der Waals surface area (Å²) in [5.74, 6) is 0. The molecule has 0 aliphatic carbocycles. The number of benzene rings is 2. The summed E-state index contributed by atoms with van der Waals surface area (Å²) in [5.41, 5.74) is 2.61. The van der Waals surface area contributed by atoms with E-state index in [0.717, 1.165) is 0 Å². The Bertz CT molecular complexity index is 427. The van der Waals surface area contributed by atoms with Gasteiger partial charge in [-0.15, -0.1) is 0 Å². The zero-order chi connectivity index (χ0) is 9.26. The molecule has 0 unspecified atom stereocenters. The molecular formula is C13H13.